The number of benzene rings is 3. The SMILES string of the molecule is O=C(c1ccc2c(c1)nc(-c1cccc3ccccc13)n2CC1CCCCC1)N1CCCCC1. The number of carbonyl (C=O) groups is 1. The minimum absolute atomic E-state index is 0.148. The zero-order chi connectivity index (χ0) is 22.9. The van der Waals surface area contributed by atoms with Crippen LogP contribution in [-0.2, 0) is 6.54 Å². The van der Waals surface area contributed by atoms with E-state index in [1.54, 1.807) is 0 Å². The average molecular weight is 452 g/mol. The minimum atomic E-state index is 0.148. The van der Waals surface area contributed by atoms with E-state index in [-0.39, 0.29) is 5.91 Å². The lowest BCUT2D eigenvalue weighted by Crippen LogP contribution is -2.35. The summed E-state index contributed by atoms with van der Waals surface area (Å²) in [5.74, 6) is 1.87. The summed E-state index contributed by atoms with van der Waals surface area (Å²) in [6.07, 6.45) is 10.0. The molecule has 0 radical (unpaired) electrons. The van der Waals surface area contributed by atoms with Crippen LogP contribution in [0.1, 0.15) is 61.7 Å². The first-order valence-electron chi connectivity index (χ1n) is 13.1. The zero-order valence-electron chi connectivity index (χ0n) is 19.9. The van der Waals surface area contributed by atoms with E-state index in [9.17, 15) is 4.79 Å². The van der Waals surface area contributed by atoms with Crippen LogP contribution in [-0.4, -0.2) is 33.4 Å². The molecule has 1 amide bonds. The van der Waals surface area contributed by atoms with Gasteiger partial charge in [0, 0.05) is 30.8 Å². The zero-order valence-corrected chi connectivity index (χ0v) is 19.9. The lowest BCUT2D eigenvalue weighted by atomic mass is 9.89. The standard InChI is InChI=1S/C30H33N3O/c34-30(32-18-7-2-8-19-32)24-16-17-28-27(20-24)31-29(33(28)21-22-10-3-1-4-11-22)26-15-9-13-23-12-5-6-14-25(23)26/h5-6,9,12-17,20,22H,1-4,7-8,10-11,18-19,21H2. The molecule has 6 rings (SSSR count). The maximum atomic E-state index is 13.2. The van der Waals surface area contributed by atoms with Gasteiger partial charge in [-0.25, -0.2) is 4.98 Å². The fourth-order valence-corrected chi connectivity index (χ4v) is 5.98. The summed E-state index contributed by atoms with van der Waals surface area (Å²) in [5.41, 5.74) is 4.01. The van der Waals surface area contributed by atoms with Gasteiger partial charge in [-0.05, 0) is 67.0 Å². The summed E-state index contributed by atoms with van der Waals surface area (Å²) in [6.45, 7) is 2.73. The molecule has 174 valence electrons. The first-order chi connectivity index (χ1) is 16.8. The van der Waals surface area contributed by atoms with Crippen LogP contribution in [0.15, 0.2) is 60.7 Å². The van der Waals surface area contributed by atoms with E-state index in [1.807, 2.05) is 17.0 Å². The molecule has 1 aromatic heterocycles. The van der Waals surface area contributed by atoms with E-state index in [2.05, 4.69) is 53.1 Å². The van der Waals surface area contributed by atoms with Gasteiger partial charge in [-0.15, -0.1) is 0 Å². The van der Waals surface area contributed by atoms with Crippen LogP contribution in [0, 0.1) is 5.92 Å². The molecule has 4 nitrogen and oxygen atoms in total. The molecule has 0 spiro atoms. The molecule has 0 atom stereocenters. The molecule has 1 aliphatic carbocycles. The summed E-state index contributed by atoms with van der Waals surface area (Å²) in [5, 5.41) is 2.46. The van der Waals surface area contributed by atoms with Crippen molar-refractivity contribution in [1.82, 2.24) is 14.5 Å². The van der Waals surface area contributed by atoms with Gasteiger partial charge in [-0.3, -0.25) is 4.79 Å². The second-order valence-corrected chi connectivity index (χ2v) is 10.1. The third-order valence-corrected chi connectivity index (χ3v) is 7.83. The third kappa shape index (κ3) is 4.00. The maximum Gasteiger partial charge on any atom is 0.253 e. The van der Waals surface area contributed by atoms with Crippen molar-refractivity contribution in [3.05, 3.63) is 66.2 Å². The van der Waals surface area contributed by atoms with Crippen molar-refractivity contribution in [3.63, 3.8) is 0 Å². The molecule has 1 aliphatic heterocycles. The van der Waals surface area contributed by atoms with Gasteiger partial charge >= 0.3 is 0 Å². The van der Waals surface area contributed by atoms with E-state index >= 15 is 0 Å². The summed E-state index contributed by atoms with van der Waals surface area (Å²) < 4.78 is 2.43. The summed E-state index contributed by atoms with van der Waals surface area (Å²) >= 11 is 0. The Morgan fingerprint density at radius 2 is 1.62 bits per heavy atom. The number of likely N-dealkylation sites (tertiary alicyclic amines) is 1. The molecule has 0 N–H and O–H groups in total. The molecular formula is C30H33N3O. The minimum Gasteiger partial charge on any atom is -0.339 e. The molecule has 2 aliphatic rings. The van der Waals surface area contributed by atoms with Gasteiger partial charge in [0.15, 0.2) is 0 Å². The number of piperidine rings is 1. The fourth-order valence-electron chi connectivity index (χ4n) is 5.98. The number of amides is 1. The molecule has 1 saturated carbocycles. The Balaban J connectivity index is 1.46. The van der Waals surface area contributed by atoms with Crippen LogP contribution in [0.4, 0.5) is 0 Å². The smallest absolute Gasteiger partial charge is 0.253 e. The van der Waals surface area contributed by atoms with Crippen molar-refractivity contribution in [1.29, 1.82) is 0 Å². The molecule has 1 saturated heterocycles. The van der Waals surface area contributed by atoms with Crippen LogP contribution < -0.4 is 0 Å². The number of hydrogen-bond acceptors (Lipinski definition) is 2. The number of aromatic nitrogens is 2. The highest BCUT2D eigenvalue weighted by molar-refractivity contribution is 6.00. The van der Waals surface area contributed by atoms with Gasteiger partial charge in [-0.1, -0.05) is 61.7 Å². The highest BCUT2D eigenvalue weighted by atomic mass is 16.2. The van der Waals surface area contributed by atoms with Crippen molar-refractivity contribution >= 4 is 27.7 Å². The van der Waals surface area contributed by atoms with Gasteiger partial charge in [-0.2, -0.15) is 0 Å². The highest BCUT2D eigenvalue weighted by Gasteiger charge is 2.23. The van der Waals surface area contributed by atoms with Crippen LogP contribution in [0.25, 0.3) is 33.2 Å². The van der Waals surface area contributed by atoms with Gasteiger partial charge in [0.05, 0.1) is 11.0 Å². The Morgan fingerprint density at radius 1 is 0.853 bits per heavy atom. The fraction of sp³-hybridized carbons (Fsp3) is 0.400. The van der Waals surface area contributed by atoms with Crippen molar-refractivity contribution in [2.24, 2.45) is 5.92 Å². The third-order valence-electron chi connectivity index (χ3n) is 7.83. The normalized spacial score (nSPS) is 17.5. The molecule has 4 heteroatoms. The second kappa shape index (κ2) is 9.25. The average Bonchev–Trinajstić information content (AvgIpc) is 3.26. The predicted molar refractivity (Wildman–Crippen MR) is 139 cm³/mol. The van der Waals surface area contributed by atoms with Crippen molar-refractivity contribution in [2.45, 2.75) is 57.9 Å². The van der Waals surface area contributed by atoms with Gasteiger partial charge < -0.3 is 9.47 Å². The lowest BCUT2D eigenvalue weighted by Gasteiger charge is -2.26. The monoisotopic (exact) mass is 451 g/mol. The highest BCUT2D eigenvalue weighted by Crippen LogP contribution is 2.34. The number of hydrogen-bond donors (Lipinski definition) is 0. The van der Waals surface area contributed by atoms with Crippen LogP contribution in [0.3, 0.4) is 0 Å². The molecule has 4 aromatic rings. The number of imidazole rings is 1. The molecule has 0 unspecified atom stereocenters. The Labute approximate surface area is 201 Å². The number of rotatable bonds is 4. The Hall–Kier alpha value is -3.14. The van der Waals surface area contributed by atoms with Gasteiger partial charge in [0.2, 0.25) is 0 Å². The lowest BCUT2D eigenvalue weighted by molar-refractivity contribution is 0.0724. The summed E-state index contributed by atoms with van der Waals surface area (Å²) in [7, 11) is 0. The first-order valence-corrected chi connectivity index (χ1v) is 13.1. The van der Waals surface area contributed by atoms with Gasteiger partial charge in [0.25, 0.3) is 5.91 Å². The largest absolute Gasteiger partial charge is 0.339 e. The van der Waals surface area contributed by atoms with E-state index in [1.165, 1.54) is 54.9 Å². The molecule has 3 aromatic carbocycles. The second-order valence-electron chi connectivity index (χ2n) is 10.1. The molecule has 2 fully saturated rings. The van der Waals surface area contributed by atoms with Gasteiger partial charge in [0.1, 0.15) is 5.82 Å². The first kappa shape index (κ1) is 21.4. The van der Waals surface area contributed by atoms with Crippen LogP contribution in [0.2, 0.25) is 0 Å². The van der Waals surface area contributed by atoms with Crippen molar-refractivity contribution in [2.75, 3.05) is 13.1 Å². The van der Waals surface area contributed by atoms with E-state index in [4.69, 9.17) is 4.98 Å². The topological polar surface area (TPSA) is 38.1 Å². The summed E-state index contributed by atoms with van der Waals surface area (Å²) in [4.78, 5) is 20.4. The summed E-state index contributed by atoms with van der Waals surface area (Å²) in [6, 6.07) is 21.2. The molecule has 0 bridgehead atoms. The van der Waals surface area contributed by atoms with E-state index in [0.717, 1.165) is 54.9 Å². The van der Waals surface area contributed by atoms with Crippen molar-refractivity contribution in [3.8, 4) is 11.4 Å². The Kier molecular flexibility index (Phi) is 5.82. The number of nitrogens with zero attached hydrogens (tertiary/aromatic N) is 3. The molecular weight excluding hydrogens is 418 g/mol. The van der Waals surface area contributed by atoms with Crippen molar-refractivity contribution < 1.29 is 4.79 Å². The Bertz CT molecular complexity index is 1320. The Morgan fingerprint density at radius 3 is 2.47 bits per heavy atom. The van der Waals surface area contributed by atoms with Crippen LogP contribution in [0.5, 0.6) is 0 Å². The maximum absolute atomic E-state index is 13.2. The number of carbonyl (C=O) groups excluding carboxylic acids is 1. The van der Waals surface area contributed by atoms with Crippen LogP contribution >= 0.6 is 0 Å². The predicted octanol–water partition coefficient (Wildman–Crippen LogP) is 7.06. The van der Waals surface area contributed by atoms with E-state index < -0.39 is 0 Å². The number of fused-ring (bicyclic) bond motifs is 2. The quantitative estimate of drug-likeness (QED) is 0.333. The van der Waals surface area contributed by atoms with E-state index in [0.29, 0.717) is 5.92 Å². The molecule has 34 heavy (non-hydrogen) atoms. The molecule has 2 heterocycles.